The van der Waals surface area contributed by atoms with Crippen LogP contribution in [0.5, 0.6) is 5.88 Å². The quantitative estimate of drug-likeness (QED) is 0.862. The van der Waals surface area contributed by atoms with Crippen molar-refractivity contribution in [3.05, 3.63) is 11.2 Å². The largest absolute Gasteiger partial charge is 0.481 e. The van der Waals surface area contributed by atoms with Gasteiger partial charge in [-0.25, -0.2) is 4.98 Å². The summed E-state index contributed by atoms with van der Waals surface area (Å²) in [7, 11) is 1.33. The number of carbonyl (C=O) groups is 1. The van der Waals surface area contributed by atoms with Crippen LogP contribution >= 0.6 is 11.6 Å². The minimum atomic E-state index is -4.38. The van der Waals surface area contributed by atoms with E-state index in [-0.39, 0.29) is 17.0 Å². The molecule has 0 bridgehead atoms. The van der Waals surface area contributed by atoms with Gasteiger partial charge in [0.15, 0.2) is 0 Å². The van der Waals surface area contributed by atoms with Crippen LogP contribution in [0, 0.1) is 0 Å². The van der Waals surface area contributed by atoms with Crippen LogP contribution in [0.1, 0.15) is 12.8 Å². The highest BCUT2D eigenvalue weighted by Crippen LogP contribution is 2.22. The van der Waals surface area contributed by atoms with Crippen molar-refractivity contribution in [1.82, 2.24) is 9.97 Å². The summed E-state index contributed by atoms with van der Waals surface area (Å²) in [6.07, 6.45) is -6.30. The molecule has 0 aliphatic carbocycles. The van der Waals surface area contributed by atoms with Gasteiger partial charge in [0.25, 0.3) is 0 Å². The highest BCUT2D eigenvalue weighted by molar-refractivity contribution is 6.29. The van der Waals surface area contributed by atoms with Crippen molar-refractivity contribution in [2.24, 2.45) is 0 Å². The van der Waals surface area contributed by atoms with E-state index in [1.54, 1.807) is 0 Å². The summed E-state index contributed by atoms with van der Waals surface area (Å²) in [5.74, 6) is -0.954. The highest BCUT2D eigenvalue weighted by Gasteiger charge is 2.28. The predicted molar refractivity (Wildman–Crippen MR) is 57.5 cm³/mol. The molecule has 0 radical (unpaired) electrons. The van der Waals surface area contributed by atoms with Gasteiger partial charge in [-0.1, -0.05) is 11.6 Å². The average Bonchev–Trinajstić information content (AvgIpc) is 2.24. The second kappa shape index (κ2) is 5.85. The van der Waals surface area contributed by atoms with Crippen LogP contribution < -0.4 is 10.1 Å². The van der Waals surface area contributed by atoms with Crippen molar-refractivity contribution in [3.8, 4) is 5.88 Å². The zero-order valence-electron chi connectivity index (χ0n) is 9.21. The zero-order chi connectivity index (χ0) is 13.8. The molecule has 1 aromatic heterocycles. The molecule has 0 spiro atoms. The number of methoxy groups -OCH3 is 1. The number of halogens is 4. The molecular weight excluding hydrogens is 275 g/mol. The second-order valence-electron chi connectivity index (χ2n) is 3.22. The van der Waals surface area contributed by atoms with Crippen LogP contribution in [0.2, 0.25) is 5.15 Å². The van der Waals surface area contributed by atoms with Crippen LogP contribution in [0.25, 0.3) is 0 Å². The number of alkyl halides is 3. The first-order chi connectivity index (χ1) is 8.30. The van der Waals surface area contributed by atoms with Crippen molar-refractivity contribution in [1.29, 1.82) is 0 Å². The number of anilines is 1. The maximum atomic E-state index is 11.9. The third-order valence-electron chi connectivity index (χ3n) is 1.77. The Labute approximate surface area is 105 Å². The Bertz CT molecular complexity index is 440. The molecule has 0 aromatic carbocycles. The maximum Gasteiger partial charge on any atom is 0.389 e. The fourth-order valence-corrected chi connectivity index (χ4v) is 1.17. The van der Waals surface area contributed by atoms with E-state index in [1.807, 2.05) is 0 Å². The standard InChI is InChI=1S/C9H9ClF3N3O2/c1-18-7-4-5(10)14-8(16-7)15-6(17)2-3-9(11,12)13/h4H,2-3H2,1H3,(H,14,15,16,17). The molecule has 1 aromatic rings. The number of nitrogens with zero attached hydrogens (tertiary/aromatic N) is 2. The van der Waals surface area contributed by atoms with Crippen molar-refractivity contribution < 1.29 is 22.7 Å². The molecular formula is C9H9ClF3N3O2. The molecule has 0 aliphatic rings. The molecule has 0 fully saturated rings. The Morgan fingerprint density at radius 2 is 2.17 bits per heavy atom. The van der Waals surface area contributed by atoms with Crippen molar-refractivity contribution in [2.75, 3.05) is 12.4 Å². The van der Waals surface area contributed by atoms with Crippen molar-refractivity contribution >= 4 is 23.5 Å². The first-order valence-electron chi connectivity index (χ1n) is 4.75. The number of amides is 1. The summed E-state index contributed by atoms with van der Waals surface area (Å²) >= 11 is 5.60. The summed E-state index contributed by atoms with van der Waals surface area (Å²) in [6.45, 7) is 0. The number of aromatic nitrogens is 2. The maximum absolute atomic E-state index is 11.9. The van der Waals surface area contributed by atoms with E-state index in [2.05, 4.69) is 15.3 Å². The van der Waals surface area contributed by atoms with Crippen LogP contribution in [-0.2, 0) is 4.79 Å². The summed E-state index contributed by atoms with van der Waals surface area (Å²) in [6, 6.07) is 1.30. The Balaban J connectivity index is 2.61. The number of nitrogens with one attached hydrogen (secondary N) is 1. The Morgan fingerprint density at radius 3 is 2.72 bits per heavy atom. The fourth-order valence-electron chi connectivity index (χ4n) is 1.000. The van der Waals surface area contributed by atoms with E-state index in [0.29, 0.717) is 0 Å². The van der Waals surface area contributed by atoms with Gasteiger partial charge in [0.2, 0.25) is 17.7 Å². The zero-order valence-corrected chi connectivity index (χ0v) is 9.97. The third kappa shape index (κ3) is 5.17. The molecule has 0 saturated heterocycles. The second-order valence-corrected chi connectivity index (χ2v) is 3.61. The minimum absolute atomic E-state index is 0.00738. The van der Waals surface area contributed by atoms with E-state index in [4.69, 9.17) is 16.3 Å². The lowest BCUT2D eigenvalue weighted by Gasteiger charge is -2.07. The first-order valence-corrected chi connectivity index (χ1v) is 5.13. The Morgan fingerprint density at radius 1 is 1.50 bits per heavy atom. The molecule has 0 saturated carbocycles. The molecule has 100 valence electrons. The van der Waals surface area contributed by atoms with E-state index in [1.165, 1.54) is 13.2 Å². The van der Waals surface area contributed by atoms with Gasteiger partial charge in [-0.05, 0) is 0 Å². The topological polar surface area (TPSA) is 64.1 Å². The van der Waals surface area contributed by atoms with Gasteiger partial charge in [0.05, 0.1) is 13.5 Å². The summed E-state index contributed by atoms with van der Waals surface area (Å²) in [5, 5.41) is 2.11. The minimum Gasteiger partial charge on any atom is -0.481 e. The van der Waals surface area contributed by atoms with E-state index in [0.717, 1.165) is 0 Å². The summed E-state index contributed by atoms with van der Waals surface area (Å²) < 4.78 is 40.4. The van der Waals surface area contributed by atoms with E-state index >= 15 is 0 Å². The number of carbonyl (C=O) groups excluding carboxylic acids is 1. The molecule has 9 heteroatoms. The van der Waals surface area contributed by atoms with E-state index < -0.39 is 24.9 Å². The third-order valence-corrected chi connectivity index (χ3v) is 1.96. The number of hydrogen-bond donors (Lipinski definition) is 1. The Kier molecular flexibility index (Phi) is 4.71. The fraction of sp³-hybridized carbons (Fsp3) is 0.444. The molecule has 1 heterocycles. The van der Waals surface area contributed by atoms with Crippen molar-refractivity contribution in [2.45, 2.75) is 19.0 Å². The lowest BCUT2D eigenvalue weighted by molar-refractivity contribution is -0.142. The van der Waals surface area contributed by atoms with Crippen LogP contribution in [0.4, 0.5) is 19.1 Å². The highest BCUT2D eigenvalue weighted by atomic mass is 35.5. The van der Waals surface area contributed by atoms with Gasteiger partial charge < -0.3 is 4.74 Å². The number of ether oxygens (including phenoxy) is 1. The lowest BCUT2D eigenvalue weighted by atomic mass is 10.3. The molecule has 18 heavy (non-hydrogen) atoms. The monoisotopic (exact) mass is 283 g/mol. The smallest absolute Gasteiger partial charge is 0.389 e. The first kappa shape index (κ1) is 14.5. The molecule has 5 nitrogen and oxygen atoms in total. The Hall–Kier alpha value is -1.57. The van der Waals surface area contributed by atoms with Gasteiger partial charge >= 0.3 is 6.18 Å². The average molecular weight is 284 g/mol. The van der Waals surface area contributed by atoms with Gasteiger partial charge in [-0.2, -0.15) is 18.2 Å². The molecule has 0 unspecified atom stereocenters. The van der Waals surface area contributed by atoms with Crippen LogP contribution in [0.15, 0.2) is 6.07 Å². The summed E-state index contributed by atoms with van der Waals surface area (Å²) in [5.41, 5.74) is 0. The molecule has 1 N–H and O–H groups in total. The number of rotatable bonds is 4. The predicted octanol–water partition coefficient (Wildman–Crippen LogP) is 2.42. The molecule has 0 aliphatic heterocycles. The molecule has 0 atom stereocenters. The van der Waals surface area contributed by atoms with Gasteiger partial charge in [0, 0.05) is 12.5 Å². The SMILES string of the molecule is COc1cc(Cl)nc(NC(=O)CCC(F)(F)F)n1. The summed E-state index contributed by atoms with van der Waals surface area (Å²) in [4.78, 5) is 18.5. The van der Waals surface area contributed by atoms with Crippen LogP contribution in [0.3, 0.4) is 0 Å². The normalized spacial score (nSPS) is 11.2. The van der Waals surface area contributed by atoms with Gasteiger partial charge in [-0.15, -0.1) is 0 Å². The number of hydrogen-bond acceptors (Lipinski definition) is 4. The molecule has 1 rings (SSSR count). The van der Waals surface area contributed by atoms with Crippen molar-refractivity contribution in [3.63, 3.8) is 0 Å². The lowest BCUT2D eigenvalue weighted by Crippen LogP contribution is -2.18. The molecule has 1 amide bonds. The van der Waals surface area contributed by atoms with Crippen LogP contribution in [-0.4, -0.2) is 29.2 Å². The van der Waals surface area contributed by atoms with E-state index in [9.17, 15) is 18.0 Å². The van der Waals surface area contributed by atoms with Gasteiger partial charge in [-0.3, -0.25) is 10.1 Å². The van der Waals surface area contributed by atoms with Gasteiger partial charge in [0.1, 0.15) is 5.15 Å².